The summed E-state index contributed by atoms with van der Waals surface area (Å²) in [6, 6.07) is 10.5. The molecule has 0 unspecified atom stereocenters. The number of alkyl halides is 3. The van der Waals surface area contributed by atoms with Crippen molar-refractivity contribution in [3.05, 3.63) is 60.0 Å². The second kappa shape index (κ2) is 8.01. The first-order chi connectivity index (χ1) is 13.9. The highest BCUT2D eigenvalue weighted by molar-refractivity contribution is 5.80. The third kappa shape index (κ3) is 4.86. The summed E-state index contributed by atoms with van der Waals surface area (Å²) in [5, 5.41) is 4.53. The van der Waals surface area contributed by atoms with Crippen molar-refractivity contribution in [2.45, 2.75) is 51.7 Å². The molecule has 152 valence electrons. The van der Waals surface area contributed by atoms with Gasteiger partial charge in [0.25, 0.3) is 0 Å². The number of aryl methyl sites for hydroxylation is 1. The Hall–Kier alpha value is -2.63. The maximum Gasteiger partial charge on any atom is 0.393 e. The van der Waals surface area contributed by atoms with Gasteiger partial charge in [0, 0.05) is 35.1 Å². The Labute approximate surface area is 168 Å². The average molecular weight is 399 g/mol. The van der Waals surface area contributed by atoms with Gasteiger partial charge >= 0.3 is 6.18 Å². The fraction of sp³-hybridized carbons (Fsp3) is 0.391. The van der Waals surface area contributed by atoms with E-state index in [-0.39, 0.29) is 5.56 Å². The zero-order chi connectivity index (χ0) is 20.4. The summed E-state index contributed by atoms with van der Waals surface area (Å²) in [5.41, 5.74) is 4.60. The summed E-state index contributed by atoms with van der Waals surface area (Å²) in [5.74, 6) is 0.694. The number of hydrogen-bond acceptors (Lipinski definition) is 2. The van der Waals surface area contributed by atoms with E-state index in [1.54, 1.807) is 12.1 Å². The molecule has 0 bridgehead atoms. The van der Waals surface area contributed by atoms with E-state index in [9.17, 15) is 13.2 Å². The molecular weight excluding hydrogens is 375 g/mol. The maximum atomic E-state index is 12.6. The van der Waals surface area contributed by atoms with Gasteiger partial charge in [0.05, 0.1) is 18.3 Å². The van der Waals surface area contributed by atoms with Crippen molar-refractivity contribution in [3.63, 3.8) is 0 Å². The van der Waals surface area contributed by atoms with Crippen molar-refractivity contribution in [1.82, 2.24) is 14.8 Å². The molecule has 3 nitrogen and oxygen atoms in total. The van der Waals surface area contributed by atoms with Crippen LogP contribution < -0.4 is 0 Å². The minimum absolute atomic E-state index is 0.250. The van der Waals surface area contributed by atoms with Gasteiger partial charge in [-0.15, -0.1) is 0 Å². The van der Waals surface area contributed by atoms with E-state index < -0.39 is 12.6 Å². The summed E-state index contributed by atoms with van der Waals surface area (Å²) in [6.07, 6.45) is 3.89. The van der Waals surface area contributed by atoms with E-state index in [1.165, 1.54) is 37.8 Å². The number of aromatic nitrogens is 3. The van der Waals surface area contributed by atoms with Gasteiger partial charge < -0.3 is 0 Å². The smallest absolute Gasteiger partial charge is 0.272 e. The first-order valence-corrected chi connectivity index (χ1v) is 10.0. The van der Waals surface area contributed by atoms with Crippen molar-refractivity contribution >= 4 is 0 Å². The predicted molar refractivity (Wildman–Crippen MR) is 107 cm³/mol. The van der Waals surface area contributed by atoms with Gasteiger partial charge in [0.15, 0.2) is 0 Å². The van der Waals surface area contributed by atoms with Gasteiger partial charge in [-0.2, -0.15) is 18.3 Å². The van der Waals surface area contributed by atoms with E-state index in [0.29, 0.717) is 5.92 Å². The van der Waals surface area contributed by atoms with Crippen molar-refractivity contribution < 1.29 is 13.2 Å². The monoisotopic (exact) mass is 399 g/mol. The number of hydrogen-bond donors (Lipinski definition) is 0. The van der Waals surface area contributed by atoms with Gasteiger partial charge in [0.1, 0.15) is 0 Å². The summed E-state index contributed by atoms with van der Waals surface area (Å²) in [4.78, 5) is 4.68. The molecule has 1 aliphatic carbocycles. The summed E-state index contributed by atoms with van der Waals surface area (Å²) < 4.78 is 39.9. The summed E-state index contributed by atoms with van der Waals surface area (Å²) in [7, 11) is 0. The second-order valence-corrected chi connectivity index (χ2v) is 7.94. The first kappa shape index (κ1) is 19.7. The highest BCUT2D eigenvalue weighted by atomic mass is 19.4. The summed E-state index contributed by atoms with van der Waals surface area (Å²) in [6.45, 7) is 2.84. The third-order valence-corrected chi connectivity index (χ3v) is 5.53. The van der Waals surface area contributed by atoms with Crippen LogP contribution in [-0.4, -0.2) is 20.9 Å². The molecule has 3 aromatic rings. The molecule has 1 aromatic carbocycles. The fourth-order valence-electron chi connectivity index (χ4n) is 4.08. The minimum atomic E-state index is -4.21. The van der Waals surface area contributed by atoms with Crippen LogP contribution in [0.15, 0.2) is 48.8 Å². The fourth-order valence-corrected chi connectivity index (χ4v) is 4.08. The van der Waals surface area contributed by atoms with E-state index in [2.05, 4.69) is 10.1 Å². The lowest BCUT2D eigenvalue weighted by Crippen LogP contribution is -2.11. The van der Waals surface area contributed by atoms with Crippen LogP contribution in [0.1, 0.15) is 36.9 Å². The first-order valence-electron chi connectivity index (χ1n) is 10.0. The molecule has 0 atom stereocenters. The van der Waals surface area contributed by atoms with Crippen molar-refractivity contribution in [1.29, 1.82) is 0 Å². The normalized spacial score (nSPS) is 15.2. The number of pyridine rings is 1. The van der Waals surface area contributed by atoms with Crippen LogP contribution in [0.3, 0.4) is 0 Å². The van der Waals surface area contributed by atoms with Crippen LogP contribution in [0.4, 0.5) is 13.2 Å². The second-order valence-electron chi connectivity index (χ2n) is 7.94. The van der Waals surface area contributed by atoms with Gasteiger partial charge in [0.2, 0.25) is 0 Å². The standard InChI is InChI=1S/C23H24F3N3/c1-16-6-11-21(20-13-27-29(15-20)14-18-4-2-3-5-18)22(28-16)19-9-7-17(8-10-19)12-23(24,25)26/h6-11,13,15,18H,2-5,12,14H2,1H3. The Bertz CT molecular complexity index is 968. The Kier molecular flexibility index (Phi) is 5.43. The molecule has 0 radical (unpaired) electrons. The molecule has 1 fully saturated rings. The Morgan fingerprint density at radius 3 is 2.41 bits per heavy atom. The summed E-state index contributed by atoms with van der Waals surface area (Å²) >= 11 is 0. The molecule has 2 aromatic heterocycles. The van der Waals surface area contributed by atoms with E-state index in [1.807, 2.05) is 36.1 Å². The van der Waals surface area contributed by atoms with Crippen molar-refractivity contribution in [2.24, 2.45) is 5.92 Å². The van der Waals surface area contributed by atoms with Crippen LogP contribution in [0, 0.1) is 12.8 Å². The average Bonchev–Trinajstić information content (AvgIpc) is 3.34. The lowest BCUT2D eigenvalue weighted by molar-refractivity contribution is -0.127. The lowest BCUT2D eigenvalue weighted by atomic mass is 9.99. The van der Waals surface area contributed by atoms with E-state index >= 15 is 0 Å². The topological polar surface area (TPSA) is 30.7 Å². The molecular formula is C23H24F3N3. The Morgan fingerprint density at radius 2 is 1.72 bits per heavy atom. The maximum absolute atomic E-state index is 12.6. The van der Waals surface area contributed by atoms with Crippen LogP contribution in [0.2, 0.25) is 0 Å². The van der Waals surface area contributed by atoms with Gasteiger partial charge in [-0.3, -0.25) is 9.67 Å². The molecule has 0 aliphatic heterocycles. The number of halogens is 3. The van der Waals surface area contributed by atoms with Crippen LogP contribution in [0.5, 0.6) is 0 Å². The molecule has 6 heteroatoms. The highest BCUT2D eigenvalue weighted by Crippen LogP contribution is 2.32. The molecule has 0 saturated heterocycles. The number of benzene rings is 1. The van der Waals surface area contributed by atoms with Gasteiger partial charge in [-0.25, -0.2) is 0 Å². The van der Waals surface area contributed by atoms with Gasteiger partial charge in [-0.05, 0) is 37.3 Å². The molecule has 0 spiro atoms. The molecule has 4 rings (SSSR count). The van der Waals surface area contributed by atoms with Crippen molar-refractivity contribution in [3.8, 4) is 22.4 Å². The van der Waals surface area contributed by atoms with Crippen LogP contribution in [0.25, 0.3) is 22.4 Å². The zero-order valence-corrected chi connectivity index (χ0v) is 16.4. The predicted octanol–water partition coefficient (Wildman–Crippen LogP) is 6.22. The Balaban J connectivity index is 1.62. The quantitative estimate of drug-likeness (QED) is 0.510. The molecule has 29 heavy (non-hydrogen) atoms. The highest BCUT2D eigenvalue weighted by Gasteiger charge is 2.27. The van der Waals surface area contributed by atoms with E-state index in [0.717, 1.165) is 34.6 Å². The Morgan fingerprint density at radius 1 is 1.00 bits per heavy atom. The van der Waals surface area contributed by atoms with Crippen LogP contribution >= 0.6 is 0 Å². The van der Waals surface area contributed by atoms with Crippen LogP contribution in [-0.2, 0) is 13.0 Å². The number of rotatable bonds is 5. The van der Waals surface area contributed by atoms with E-state index in [4.69, 9.17) is 0 Å². The largest absolute Gasteiger partial charge is 0.393 e. The molecule has 2 heterocycles. The molecule has 1 saturated carbocycles. The minimum Gasteiger partial charge on any atom is -0.272 e. The van der Waals surface area contributed by atoms with Crippen molar-refractivity contribution in [2.75, 3.05) is 0 Å². The van der Waals surface area contributed by atoms with Gasteiger partial charge in [-0.1, -0.05) is 43.2 Å². The zero-order valence-electron chi connectivity index (χ0n) is 16.4. The molecule has 0 N–H and O–H groups in total. The number of nitrogens with zero attached hydrogens (tertiary/aromatic N) is 3. The third-order valence-electron chi connectivity index (χ3n) is 5.53. The molecule has 1 aliphatic rings. The SMILES string of the molecule is Cc1ccc(-c2cnn(CC3CCCC3)c2)c(-c2ccc(CC(F)(F)F)cc2)n1. The molecule has 0 amide bonds. The lowest BCUT2D eigenvalue weighted by Gasteiger charge is -2.11.